The minimum absolute atomic E-state index is 0.0103. The molecule has 3 N–H and O–H groups in total. The van der Waals surface area contributed by atoms with Crippen molar-refractivity contribution in [2.24, 2.45) is 11.7 Å². The second-order valence-corrected chi connectivity index (χ2v) is 6.32. The number of likely N-dealkylation sites (tertiary alicyclic amines) is 1. The van der Waals surface area contributed by atoms with Gasteiger partial charge in [-0.25, -0.2) is 0 Å². The summed E-state index contributed by atoms with van der Waals surface area (Å²) in [7, 11) is 0. The molecule has 0 spiro atoms. The lowest BCUT2D eigenvalue weighted by Crippen LogP contribution is -2.49. The predicted octanol–water partition coefficient (Wildman–Crippen LogP) is 0.184. The molecule has 0 radical (unpaired) electrons. The molecule has 1 aliphatic heterocycles. The molecule has 0 aliphatic carbocycles. The second kappa shape index (κ2) is 7.54. The zero-order chi connectivity index (χ0) is 17.0. The standard InChI is InChI=1S/C15H25N5O3/c1-9(2)13(16)14(22)17-8-12(21)20-6-4-11(5-7-20)15-18-10(3)19-23-15/h9,11,13H,4-8,16H2,1-3H3,(H,17,22)/t13-/m0/s1. The number of nitrogens with zero attached hydrogens (tertiary/aromatic N) is 3. The molecule has 1 aliphatic rings. The quantitative estimate of drug-likeness (QED) is 0.799. The Morgan fingerprint density at radius 3 is 2.57 bits per heavy atom. The number of hydrogen-bond acceptors (Lipinski definition) is 6. The summed E-state index contributed by atoms with van der Waals surface area (Å²) in [5.74, 6) is 1.13. The van der Waals surface area contributed by atoms with E-state index in [1.807, 2.05) is 13.8 Å². The van der Waals surface area contributed by atoms with Crippen LogP contribution in [-0.4, -0.2) is 52.5 Å². The summed E-state index contributed by atoms with van der Waals surface area (Å²) in [6, 6.07) is -0.589. The van der Waals surface area contributed by atoms with Gasteiger partial charge < -0.3 is 20.5 Å². The minimum Gasteiger partial charge on any atom is -0.346 e. The highest BCUT2D eigenvalue weighted by atomic mass is 16.5. The predicted molar refractivity (Wildman–Crippen MR) is 83.4 cm³/mol. The van der Waals surface area contributed by atoms with Crippen molar-refractivity contribution in [3.05, 3.63) is 11.7 Å². The van der Waals surface area contributed by atoms with E-state index < -0.39 is 6.04 Å². The number of hydrogen-bond donors (Lipinski definition) is 2. The van der Waals surface area contributed by atoms with Crippen LogP contribution in [0.3, 0.4) is 0 Å². The van der Waals surface area contributed by atoms with Gasteiger partial charge in [0.15, 0.2) is 5.82 Å². The van der Waals surface area contributed by atoms with Crippen molar-refractivity contribution < 1.29 is 14.1 Å². The molecule has 1 saturated heterocycles. The van der Waals surface area contributed by atoms with Crippen LogP contribution in [0.25, 0.3) is 0 Å². The lowest BCUT2D eigenvalue weighted by molar-refractivity contribution is -0.134. The molecule has 128 valence electrons. The highest BCUT2D eigenvalue weighted by Gasteiger charge is 2.27. The molecular weight excluding hydrogens is 298 g/mol. The highest BCUT2D eigenvalue weighted by molar-refractivity contribution is 5.87. The molecule has 8 heteroatoms. The van der Waals surface area contributed by atoms with E-state index in [9.17, 15) is 9.59 Å². The van der Waals surface area contributed by atoms with E-state index in [0.717, 1.165) is 12.8 Å². The number of nitrogens with two attached hydrogens (primary N) is 1. The first kappa shape index (κ1) is 17.4. The zero-order valence-corrected chi connectivity index (χ0v) is 13.9. The van der Waals surface area contributed by atoms with Crippen molar-refractivity contribution in [3.8, 4) is 0 Å². The second-order valence-electron chi connectivity index (χ2n) is 6.32. The lowest BCUT2D eigenvalue weighted by Gasteiger charge is -2.30. The smallest absolute Gasteiger partial charge is 0.241 e. The molecule has 1 aromatic heterocycles. The summed E-state index contributed by atoms with van der Waals surface area (Å²) >= 11 is 0. The van der Waals surface area contributed by atoms with Gasteiger partial charge in [0.2, 0.25) is 17.7 Å². The third-order valence-corrected chi connectivity index (χ3v) is 4.18. The molecule has 1 atom stereocenters. The Labute approximate surface area is 135 Å². The molecule has 23 heavy (non-hydrogen) atoms. The van der Waals surface area contributed by atoms with E-state index in [0.29, 0.717) is 24.8 Å². The van der Waals surface area contributed by atoms with Gasteiger partial charge in [-0.2, -0.15) is 4.98 Å². The summed E-state index contributed by atoms with van der Waals surface area (Å²) in [6.45, 7) is 6.76. The molecule has 0 saturated carbocycles. The van der Waals surface area contributed by atoms with Crippen LogP contribution in [0, 0.1) is 12.8 Å². The number of carbonyl (C=O) groups is 2. The normalized spacial score (nSPS) is 17.3. The SMILES string of the molecule is Cc1noc(C2CCN(C(=O)CNC(=O)[C@@H](N)C(C)C)CC2)n1. The van der Waals surface area contributed by atoms with Crippen LogP contribution in [0.15, 0.2) is 4.52 Å². The van der Waals surface area contributed by atoms with E-state index >= 15 is 0 Å². The summed E-state index contributed by atoms with van der Waals surface area (Å²) in [4.78, 5) is 29.9. The van der Waals surface area contributed by atoms with Gasteiger partial charge in [-0.1, -0.05) is 19.0 Å². The van der Waals surface area contributed by atoms with Gasteiger partial charge >= 0.3 is 0 Å². The number of carbonyl (C=O) groups excluding carboxylic acids is 2. The van der Waals surface area contributed by atoms with E-state index in [4.69, 9.17) is 10.3 Å². The van der Waals surface area contributed by atoms with Gasteiger partial charge in [0.05, 0.1) is 12.6 Å². The Morgan fingerprint density at radius 1 is 1.39 bits per heavy atom. The molecule has 1 fully saturated rings. The maximum Gasteiger partial charge on any atom is 0.241 e. The van der Waals surface area contributed by atoms with E-state index in [1.54, 1.807) is 11.8 Å². The van der Waals surface area contributed by atoms with Crippen LogP contribution in [-0.2, 0) is 9.59 Å². The maximum absolute atomic E-state index is 12.2. The summed E-state index contributed by atoms with van der Waals surface area (Å²) in [5, 5.41) is 6.41. The van der Waals surface area contributed by atoms with Crippen LogP contribution in [0.5, 0.6) is 0 Å². The topological polar surface area (TPSA) is 114 Å². The molecule has 2 rings (SSSR count). The minimum atomic E-state index is -0.589. The van der Waals surface area contributed by atoms with Crippen molar-refractivity contribution in [1.29, 1.82) is 0 Å². The fourth-order valence-corrected chi connectivity index (χ4v) is 2.55. The van der Waals surface area contributed by atoms with Crippen LogP contribution in [0.2, 0.25) is 0 Å². The number of piperidine rings is 1. The van der Waals surface area contributed by atoms with Gasteiger partial charge in [-0.3, -0.25) is 9.59 Å². The van der Waals surface area contributed by atoms with Crippen molar-refractivity contribution in [2.75, 3.05) is 19.6 Å². The van der Waals surface area contributed by atoms with Crippen LogP contribution in [0.1, 0.15) is 44.3 Å². The Hall–Kier alpha value is -1.96. The van der Waals surface area contributed by atoms with Gasteiger partial charge in [-0.15, -0.1) is 0 Å². The molecule has 0 aromatic carbocycles. The maximum atomic E-state index is 12.2. The van der Waals surface area contributed by atoms with Gasteiger partial charge in [-0.05, 0) is 25.7 Å². The monoisotopic (exact) mass is 323 g/mol. The first-order chi connectivity index (χ1) is 10.9. The molecule has 0 unspecified atom stereocenters. The largest absolute Gasteiger partial charge is 0.346 e. The molecule has 1 aromatic rings. The number of nitrogens with one attached hydrogen (secondary N) is 1. The van der Waals surface area contributed by atoms with Gasteiger partial charge in [0.1, 0.15) is 0 Å². The molecular formula is C15H25N5O3. The summed E-state index contributed by atoms with van der Waals surface area (Å²) in [5.41, 5.74) is 5.75. The average Bonchev–Trinajstić information content (AvgIpc) is 2.98. The third kappa shape index (κ3) is 4.51. The molecule has 8 nitrogen and oxygen atoms in total. The number of amides is 2. The van der Waals surface area contributed by atoms with E-state index in [-0.39, 0.29) is 30.2 Å². The first-order valence-electron chi connectivity index (χ1n) is 7.99. The Morgan fingerprint density at radius 2 is 2.04 bits per heavy atom. The fourth-order valence-electron chi connectivity index (χ4n) is 2.55. The zero-order valence-electron chi connectivity index (χ0n) is 13.9. The van der Waals surface area contributed by atoms with Crippen LogP contribution >= 0.6 is 0 Å². The Bertz CT molecular complexity index is 549. The number of aromatic nitrogens is 2. The lowest BCUT2D eigenvalue weighted by atomic mass is 9.96. The van der Waals surface area contributed by atoms with Crippen molar-refractivity contribution in [3.63, 3.8) is 0 Å². The van der Waals surface area contributed by atoms with Crippen molar-refractivity contribution >= 4 is 11.8 Å². The van der Waals surface area contributed by atoms with E-state index in [1.165, 1.54) is 0 Å². The van der Waals surface area contributed by atoms with Crippen molar-refractivity contribution in [1.82, 2.24) is 20.4 Å². The summed E-state index contributed by atoms with van der Waals surface area (Å²) < 4.78 is 5.19. The highest BCUT2D eigenvalue weighted by Crippen LogP contribution is 2.26. The van der Waals surface area contributed by atoms with Gasteiger partial charge in [0.25, 0.3) is 0 Å². The Balaban J connectivity index is 1.76. The number of aryl methyl sites for hydroxylation is 1. The number of rotatable bonds is 5. The van der Waals surface area contributed by atoms with Crippen molar-refractivity contribution in [2.45, 2.75) is 45.6 Å². The van der Waals surface area contributed by atoms with E-state index in [2.05, 4.69) is 15.5 Å². The molecule has 2 heterocycles. The Kier molecular flexibility index (Phi) is 5.70. The average molecular weight is 323 g/mol. The third-order valence-electron chi connectivity index (χ3n) is 4.18. The van der Waals surface area contributed by atoms with Crippen LogP contribution < -0.4 is 11.1 Å². The summed E-state index contributed by atoms with van der Waals surface area (Å²) in [6.07, 6.45) is 1.57. The van der Waals surface area contributed by atoms with Gasteiger partial charge in [0, 0.05) is 19.0 Å². The fraction of sp³-hybridized carbons (Fsp3) is 0.733. The molecule has 0 bridgehead atoms. The first-order valence-corrected chi connectivity index (χ1v) is 7.99. The molecule has 2 amide bonds. The van der Waals surface area contributed by atoms with Crippen LogP contribution in [0.4, 0.5) is 0 Å².